The van der Waals surface area contributed by atoms with Gasteiger partial charge in [-0.3, -0.25) is 4.79 Å². The van der Waals surface area contributed by atoms with Crippen LogP contribution in [0.3, 0.4) is 0 Å². The van der Waals surface area contributed by atoms with Crippen LogP contribution in [0.25, 0.3) is 11.3 Å². The first kappa shape index (κ1) is 26.9. The van der Waals surface area contributed by atoms with Crippen molar-refractivity contribution in [3.05, 3.63) is 75.5 Å². The van der Waals surface area contributed by atoms with E-state index in [-0.39, 0.29) is 12.1 Å². The van der Waals surface area contributed by atoms with Gasteiger partial charge in [-0.25, -0.2) is 9.97 Å². The Kier molecular flexibility index (Phi) is 8.51. The number of nitrogens with zero attached hydrogens (tertiary/aromatic N) is 2. The van der Waals surface area contributed by atoms with Crippen LogP contribution in [0, 0.1) is 0 Å². The Morgan fingerprint density at radius 3 is 2.47 bits per heavy atom. The molecule has 0 radical (unpaired) electrons. The van der Waals surface area contributed by atoms with Crippen molar-refractivity contribution in [1.29, 1.82) is 0 Å². The molecule has 200 valence electrons. The predicted octanol–water partition coefficient (Wildman–Crippen LogP) is 6.36. The SMILES string of the molecule is Nc1ncc(-c2cccc(CCNC3(C(=O)OC4CCCC4)CCC3)c2)nc1CCc1c(Cl)cccc1Cl. The van der Waals surface area contributed by atoms with Gasteiger partial charge in [0.1, 0.15) is 17.5 Å². The normalized spacial score (nSPS) is 16.8. The van der Waals surface area contributed by atoms with Crippen LogP contribution in [0.5, 0.6) is 0 Å². The molecule has 2 saturated carbocycles. The van der Waals surface area contributed by atoms with Gasteiger partial charge in [0.15, 0.2) is 0 Å². The number of aromatic nitrogens is 2. The molecule has 0 atom stereocenters. The summed E-state index contributed by atoms with van der Waals surface area (Å²) in [4.78, 5) is 22.1. The fraction of sp³-hybridized carbons (Fsp3) is 0.433. The quantitative estimate of drug-likeness (QED) is 0.284. The van der Waals surface area contributed by atoms with Crippen LogP contribution in [-0.4, -0.2) is 34.1 Å². The predicted molar refractivity (Wildman–Crippen MR) is 152 cm³/mol. The second-order valence-electron chi connectivity index (χ2n) is 10.4. The van der Waals surface area contributed by atoms with E-state index in [1.54, 1.807) is 6.20 Å². The van der Waals surface area contributed by atoms with E-state index < -0.39 is 5.54 Å². The monoisotopic (exact) mass is 552 g/mol. The number of anilines is 1. The van der Waals surface area contributed by atoms with E-state index in [2.05, 4.69) is 22.4 Å². The highest BCUT2D eigenvalue weighted by molar-refractivity contribution is 6.36. The molecule has 8 heteroatoms. The molecule has 0 unspecified atom stereocenters. The molecule has 5 rings (SSSR count). The Balaban J connectivity index is 1.21. The number of hydrogen-bond acceptors (Lipinski definition) is 6. The van der Waals surface area contributed by atoms with Crippen molar-refractivity contribution >= 4 is 35.0 Å². The van der Waals surface area contributed by atoms with Crippen LogP contribution in [0.15, 0.2) is 48.7 Å². The summed E-state index contributed by atoms with van der Waals surface area (Å²) >= 11 is 12.7. The minimum Gasteiger partial charge on any atom is -0.461 e. The Morgan fingerprint density at radius 2 is 1.76 bits per heavy atom. The van der Waals surface area contributed by atoms with Crippen LogP contribution in [0.2, 0.25) is 10.0 Å². The third-order valence-corrected chi connectivity index (χ3v) is 8.53. The van der Waals surface area contributed by atoms with Gasteiger partial charge in [-0.05, 0) is 93.5 Å². The lowest BCUT2D eigenvalue weighted by molar-refractivity contribution is -0.161. The largest absolute Gasteiger partial charge is 0.461 e. The number of esters is 1. The summed E-state index contributed by atoms with van der Waals surface area (Å²) in [6, 6.07) is 13.8. The Labute approximate surface area is 234 Å². The zero-order chi connectivity index (χ0) is 26.5. The molecular weight excluding hydrogens is 519 g/mol. The number of benzene rings is 2. The first-order valence-corrected chi connectivity index (χ1v) is 14.3. The first-order chi connectivity index (χ1) is 18.4. The van der Waals surface area contributed by atoms with Gasteiger partial charge in [0.2, 0.25) is 0 Å². The van der Waals surface area contributed by atoms with Crippen LogP contribution >= 0.6 is 23.2 Å². The number of carbonyl (C=O) groups is 1. The van der Waals surface area contributed by atoms with Crippen molar-refractivity contribution < 1.29 is 9.53 Å². The van der Waals surface area contributed by atoms with Gasteiger partial charge in [-0.1, -0.05) is 47.5 Å². The highest BCUT2D eigenvalue weighted by atomic mass is 35.5. The highest BCUT2D eigenvalue weighted by Gasteiger charge is 2.46. The summed E-state index contributed by atoms with van der Waals surface area (Å²) < 4.78 is 5.84. The van der Waals surface area contributed by atoms with Crippen LogP contribution in [0.4, 0.5) is 5.82 Å². The number of carbonyl (C=O) groups excluding carboxylic acids is 1. The van der Waals surface area contributed by atoms with Gasteiger partial charge in [-0.2, -0.15) is 0 Å². The third kappa shape index (κ3) is 6.14. The molecule has 0 amide bonds. The van der Waals surface area contributed by atoms with E-state index in [1.165, 1.54) is 0 Å². The minimum atomic E-state index is -0.512. The third-order valence-electron chi connectivity index (χ3n) is 7.82. The van der Waals surface area contributed by atoms with E-state index in [0.717, 1.165) is 79.4 Å². The van der Waals surface area contributed by atoms with Crippen LogP contribution < -0.4 is 11.1 Å². The molecule has 2 aliphatic carbocycles. The molecule has 0 bridgehead atoms. The van der Waals surface area contributed by atoms with Crippen molar-refractivity contribution in [3.63, 3.8) is 0 Å². The number of nitrogen functional groups attached to an aromatic ring is 1. The molecule has 2 aromatic carbocycles. The summed E-state index contributed by atoms with van der Waals surface area (Å²) in [5, 5.41) is 4.80. The molecule has 2 aliphatic rings. The van der Waals surface area contributed by atoms with E-state index in [9.17, 15) is 4.79 Å². The summed E-state index contributed by atoms with van der Waals surface area (Å²) in [5.41, 5.74) is 10.2. The topological polar surface area (TPSA) is 90.1 Å². The Bertz CT molecular complexity index is 1270. The number of aryl methyl sites for hydroxylation is 1. The maximum atomic E-state index is 12.9. The second kappa shape index (κ2) is 12.0. The zero-order valence-electron chi connectivity index (χ0n) is 21.5. The lowest BCUT2D eigenvalue weighted by Gasteiger charge is -2.40. The number of hydrogen-bond donors (Lipinski definition) is 2. The molecular formula is C30H34Cl2N4O2. The van der Waals surface area contributed by atoms with Crippen LogP contribution in [-0.2, 0) is 28.8 Å². The van der Waals surface area contributed by atoms with Crippen molar-refractivity contribution in [2.75, 3.05) is 12.3 Å². The van der Waals surface area contributed by atoms with Gasteiger partial charge >= 0.3 is 5.97 Å². The lowest BCUT2D eigenvalue weighted by Crippen LogP contribution is -2.58. The molecule has 3 N–H and O–H groups in total. The summed E-state index contributed by atoms with van der Waals surface area (Å²) in [7, 11) is 0. The number of nitrogens with one attached hydrogen (secondary N) is 1. The van der Waals surface area contributed by atoms with Gasteiger partial charge in [0.25, 0.3) is 0 Å². The zero-order valence-corrected chi connectivity index (χ0v) is 23.0. The standard InChI is InChI=1S/C30H34Cl2N4O2/c31-24-10-4-11-25(32)23(24)12-13-26-28(33)34-19-27(36-26)21-7-3-6-20(18-21)14-17-35-30(15-5-16-30)29(37)38-22-8-1-2-9-22/h3-4,6-7,10-11,18-19,22,35H,1-2,5,8-9,12-17H2,(H2,33,34). The van der Waals surface area contributed by atoms with E-state index in [1.807, 2.05) is 30.3 Å². The van der Waals surface area contributed by atoms with Gasteiger partial charge in [0, 0.05) is 22.2 Å². The minimum absolute atomic E-state index is 0.0628. The molecule has 1 heterocycles. The molecule has 1 aromatic heterocycles. The lowest BCUT2D eigenvalue weighted by atomic mass is 9.76. The molecule has 6 nitrogen and oxygen atoms in total. The summed E-state index contributed by atoms with van der Waals surface area (Å²) in [6.45, 7) is 0.709. The summed E-state index contributed by atoms with van der Waals surface area (Å²) in [5.74, 6) is 0.347. The average Bonchev–Trinajstić information content (AvgIpc) is 3.39. The van der Waals surface area contributed by atoms with Gasteiger partial charge in [0.05, 0.1) is 17.6 Å². The van der Waals surface area contributed by atoms with Crippen molar-refractivity contribution in [2.45, 2.75) is 75.9 Å². The van der Waals surface area contributed by atoms with Crippen LogP contribution in [0.1, 0.15) is 61.8 Å². The van der Waals surface area contributed by atoms with E-state index in [4.69, 9.17) is 38.7 Å². The maximum Gasteiger partial charge on any atom is 0.326 e. The number of ether oxygens (including phenoxy) is 1. The number of rotatable bonds is 10. The number of halogens is 2. The van der Waals surface area contributed by atoms with Gasteiger partial charge in [-0.15, -0.1) is 0 Å². The van der Waals surface area contributed by atoms with E-state index >= 15 is 0 Å². The molecule has 0 spiro atoms. The molecule has 2 fully saturated rings. The Morgan fingerprint density at radius 1 is 1.03 bits per heavy atom. The van der Waals surface area contributed by atoms with Gasteiger partial charge < -0.3 is 15.8 Å². The van der Waals surface area contributed by atoms with Crippen molar-refractivity contribution in [3.8, 4) is 11.3 Å². The fourth-order valence-corrected chi connectivity index (χ4v) is 5.95. The van der Waals surface area contributed by atoms with Crippen molar-refractivity contribution in [2.24, 2.45) is 0 Å². The average molecular weight is 554 g/mol. The molecule has 3 aromatic rings. The molecule has 0 aliphatic heterocycles. The first-order valence-electron chi connectivity index (χ1n) is 13.5. The summed E-state index contributed by atoms with van der Waals surface area (Å²) in [6.07, 6.45) is 10.9. The maximum absolute atomic E-state index is 12.9. The molecule has 0 saturated heterocycles. The Hall–Kier alpha value is -2.67. The molecule has 38 heavy (non-hydrogen) atoms. The number of nitrogens with two attached hydrogens (primary N) is 1. The second-order valence-corrected chi connectivity index (χ2v) is 11.2. The smallest absolute Gasteiger partial charge is 0.326 e. The highest BCUT2D eigenvalue weighted by Crippen LogP contribution is 2.35. The van der Waals surface area contributed by atoms with Crippen molar-refractivity contribution in [1.82, 2.24) is 15.3 Å². The fourth-order valence-electron chi connectivity index (χ4n) is 5.36. The van der Waals surface area contributed by atoms with E-state index in [0.29, 0.717) is 35.2 Å².